The molecule has 0 unspecified atom stereocenters. The molecule has 5 atom stereocenters. The minimum Gasteiger partial charge on any atom is -0.496 e. The Hall–Kier alpha value is -2.89. The summed E-state index contributed by atoms with van der Waals surface area (Å²) in [6.07, 6.45) is -7.12. The quantitative estimate of drug-likeness (QED) is 0.413. The van der Waals surface area contributed by atoms with E-state index in [1.165, 1.54) is 14.2 Å². The van der Waals surface area contributed by atoms with Gasteiger partial charge in [-0.3, -0.25) is 0 Å². The summed E-state index contributed by atoms with van der Waals surface area (Å²) < 4.78 is 26.9. The summed E-state index contributed by atoms with van der Waals surface area (Å²) in [5, 5.41) is 39.4. The molecule has 1 aliphatic heterocycles. The highest BCUT2D eigenvalue weighted by Crippen LogP contribution is 2.30. The first-order valence-electron chi connectivity index (χ1n) is 9.84. The molecule has 32 heavy (non-hydrogen) atoms. The summed E-state index contributed by atoms with van der Waals surface area (Å²) >= 11 is 0. The molecule has 1 heterocycles. The Labute approximate surface area is 184 Å². The van der Waals surface area contributed by atoms with Crippen LogP contribution in [0.25, 0.3) is 0 Å². The van der Waals surface area contributed by atoms with E-state index < -0.39 is 43.3 Å². The largest absolute Gasteiger partial charge is 0.496 e. The molecule has 0 saturated carbocycles. The number of carbonyl (C=O) groups excluding carboxylic acids is 1. The number of para-hydroxylation sites is 1. The summed E-state index contributed by atoms with van der Waals surface area (Å²) in [7, 11) is 2.85. The molecule has 0 aromatic heterocycles. The molecular formula is C22H26O10. The van der Waals surface area contributed by atoms with E-state index in [4.69, 9.17) is 23.7 Å². The molecule has 3 rings (SSSR count). The maximum atomic E-state index is 12.7. The fourth-order valence-corrected chi connectivity index (χ4v) is 3.30. The van der Waals surface area contributed by atoms with Gasteiger partial charge in [0.05, 0.1) is 20.8 Å². The Morgan fingerprint density at radius 3 is 2.16 bits per heavy atom. The SMILES string of the molecule is COc1cccc(OC)c1C(=O)OCc1ccccc1O[C@@H]1O[C@H](CO)[C@@H](O)[C@H](O)[C@H]1O. The van der Waals surface area contributed by atoms with Gasteiger partial charge in [0, 0.05) is 5.56 Å². The van der Waals surface area contributed by atoms with Crippen molar-refractivity contribution in [3.05, 3.63) is 53.6 Å². The number of aliphatic hydroxyl groups is 4. The van der Waals surface area contributed by atoms with Crippen molar-refractivity contribution in [1.29, 1.82) is 0 Å². The van der Waals surface area contributed by atoms with Gasteiger partial charge >= 0.3 is 5.97 Å². The van der Waals surface area contributed by atoms with E-state index in [1.807, 2.05) is 0 Å². The van der Waals surface area contributed by atoms with Gasteiger partial charge in [-0.05, 0) is 18.2 Å². The van der Waals surface area contributed by atoms with Gasteiger partial charge in [0.25, 0.3) is 0 Å². The first-order valence-corrected chi connectivity index (χ1v) is 9.84. The number of esters is 1. The molecule has 0 spiro atoms. The van der Waals surface area contributed by atoms with Crippen molar-refractivity contribution in [1.82, 2.24) is 0 Å². The molecule has 10 nitrogen and oxygen atoms in total. The molecule has 4 N–H and O–H groups in total. The Morgan fingerprint density at radius 1 is 0.906 bits per heavy atom. The van der Waals surface area contributed by atoms with E-state index >= 15 is 0 Å². The van der Waals surface area contributed by atoms with Crippen LogP contribution in [-0.4, -0.2) is 77.9 Å². The molecule has 0 amide bonds. The summed E-state index contributed by atoms with van der Waals surface area (Å²) in [6, 6.07) is 11.5. The van der Waals surface area contributed by atoms with Gasteiger partial charge in [0.15, 0.2) is 0 Å². The van der Waals surface area contributed by atoms with Crippen molar-refractivity contribution in [2.45, 2.75) is 37.3 Å². The van der Waals surface area contributed by atoms with Crippen LogP contribution in [0.2, 0.25) is 0 Å². The Kier molecular flexibility index (Phi) is 7.89. The lowest BCUT2D eigenvalue weighted by Crippen LogP contribution is -2.60. The number of benzene rings is 2. The summed E-state index contributed by atoms with van der Waals surface area (Å²) in [5.74, 6) is 0.124. The monoisotopic (exact) mass is 450 g/mol. The third-order valence-electron chi connectivity index (χ3n) is 5.05. The lowest BCUT2D eigenvalue weighted by atomic mass is 9.99. The number of aliphatic hydroxyl groups excluding tert-OH is 4. The smallest absolute Gasteiger partial charge is 0.346 e. The Morgan fingerprint density at radius 2 is 1.53 bits per heavy atom. The van der Waals surface area contributed by atoms with E-state index in [0.29, 0.717) is 17.1 Å². The summed E-state index contributed by atoms with van der Waals surface area (Å²) in [6.45, 7) is -0.765. The van der Waals surface area contributed by atoms with E-state index in [-0.39, 0.29) is 17.9 Å². The summed E-state index contributed by atoms with van der Waals surface area (Å²) in [5.41, 5.74) is 0.580. The molecule has 1 aliphatic rings. The molecule has 1 fully saturated rings. The molecule has 0 aliphatic carbocycles. The van der Waals surface area contributed by atoms with Crippen molar-refractivity contribution < 1.29 is 48.9 Å². The van der Waals surface area contributed by atoms with Gasteiger partial charge in [-0.25, -0.2) is 4.79 Å². The van der Waals surface area contributed by atoms with Crippen LogP contribution in [0.3, 0.4) is 0 Å². The second-order valence-electron chi connectivity index (χ2n) is 7.04. The first-order chi connectivity index (χ1) is 15.4. The van der Waals surface area contributed by atoms with Gasteiger partial charge in [-0.1, -0.05) is 24.3 Å². The van der Waals surface area contributed by atoms with E-state index in [9.17, 15) is 25.2 Å². The standard InChI is InChI=1S/C22H26O10/c1-28-14-8-5-9-15(29-2)17(14)21(27)30-11-12-6-3-4-7-13(12)31-22-20(26)19(25)18(24)16(10-23)32-22/h3-9,16,18-20,22-26H,10-11H2,1-2H3/t16-,18-,19+,20-,22-/m1/s1. The topological polar surface area (TPSA) is 144 Å². The lowest BCUT2D eigenvalue weighted by Gasteiger charge is -2.39. The molecular weight excluding hydrogens is 424 g/mol. The van der Waals surface area contributed by atoms with E-state index in [2.05, 4.69) is 0 Å². The minimum absolute atomic E-state index is 0.129. The highest BCUT2D eigenvalue weighted by molar-refractivity contribution is 5.95. The van der Waals surface area contributed by atoms with Crippen LogP contribution in [0.4, 0.5) is 0 Å². The van der Waals surface area contributed by atoms with Crippen LogP contribution in [0.1, 0.15) is 15.9 Å². The molecule has 2 aromatic carbocycles. The average molecular weight is 450 g/mol. The van der Waals surface area contributed by atoms with E-state index in [1.54, 1.807) is 42.5 Å². The van der Waals surface area contributed by atoms with Crippen LogP contribution in [0, 0.1) is 0 Å². The number of hydrogen-bond acceptors (Lipinski definition) is 10. The van der Waals surface area contributed by atoms with Gasteiger partial charge < -0.3 is 44.1 Å². The Bertz CT molecular complexity index is 893. The van der Waals surface area contributed by atoms with Crippen LogP contribution < -0.4 is 14.2 Å². The fourth-order valence-electron chi connectivity index (χ4n) is 3.30. The number of rotatable bonds is 8. The maximum Gasteiger partial charge on any atom is 0.346 e. The number of hydrogen-bond donors (Lipinski definition) is 4. The summed E-state index contributed by atoms with van der Waals surface area (Å²) in [4.78, 5) is 12.7. The number of carbonyl (C=O) groups is 1. The fraction of sp³-hybridized carbons (Fsp3) is 0.409. The number of methoxy groups -OCH3 is 2. The maximum absolute atomic E-state index is 12.7. The Balaban J connectivity index is 1.75. The zero-order valence-corrected chi connectivity index (χ0v) is 17.6. The first kappa shape index (κ1) is 23.8. The minimum atomic E-state index is -1.58. The molecule has 10 heteroatoms. The van der Waals surface area contributed by atoms with Crippen molar-refractivity contribution >= 4 is 5.97 Å². The lowest BCUT2D eigenvalue weighted by molar-refractivity contribution is -0.277. The molecule has 174 valence electrons. The van der Waals surface area contributed by atoms with Crippen LogP contribution in [0.5, 0.6) is 17.2 Å². The zero-order valence-electron chi connectivity index (χ0n) is 17.6. The highest BCUT2D eigenvalue weighted by Gasteiger charge is 2.44. The molecule has 1 saturated heterocycles. The van der Waals surface area contributed by atoms with Crippen molar-refractivity contribution in [3.8, 4) is 17.2 Å². The normalized spacial score (nSPS) is 25.1. The van der Waals surface area contributed by atoms with E-state index in [0.717, 1.165) is 0 Å². The van der Waals surface area contributed by atoms with Crippen LogP contribution >= 0.6 is 0 Å². The predicted molar refractivity (Wildman–Crippen MR) is 110 cm³/mol. The van der Waals surface area contributed by atoms with Gasteiger partial charge in [0.2, 0.25) is 6.29 Å². The molecule has 2 aromatic rings. The second-order valence-corrected chi connectivity index (χ2v) is 7.04. The van der Waals surface area contributed by atoms with Crippen LogP contribution in [0.15, 0.2) is 42.5 Å². The van der Waals surface area contributed by atoms with Crippen molar-refractivity contribution in [2.75, 3.05) is 20.8 Å². The molecule has 0 radical (unpaired) electrons. The van der Waals surface area contributed by atoms with Crippen molar-refractivity contribution in [2.24, 2.45) is 0 Å². The van der Waals surface area contributed by atoms with Crippen LogP contribution in [-0.2, 0) is 16.1 Å². The van der Waals surface area contributed by atoms with Gasteiger partial charge in [0.1, 0.15) is 53.8 Å². The highest BCUT2D eigenvalue weighted by atomic mass is 16.7. The average Bonchev–Trinajstić information content (AvgIpc) is 2.82. The van der Waals surface area contributed by atoms with Gasteiger partial charge in [-0.2, -0.15) is 0 Å². The second kappa shape index (κ2) is 10.6. The van der Waals surface area contributed by atoms with Gasteiger partial charge in [-0.15, -0.1) is 0 Å². The third-order valence-corrected chi connectivity index (χ3v) is 5.05. The predicted octanol–water partition coefficient (Wildman–Crippen LogP) is 0.239. The molecule has 0 bridgehead atoms. The third kappa shape index (κ3) is 4.95. The zero-order chi connectivity index (χ0) is 23.3. The number of ether oxygens (including phenoxy) is 5. The van der Waals surface area contributed by atoms with Crippen molar-refractivity contribution in [3.63, 3.8) is 0 Å².